The van der Waals surface area contributed by atoms with E-state index >= 15 is 0 Å². The summed E-state index contributed by atoms with van der Waals surface area (Å²) in [7, 11) is 0. The lowest BCUT2D eigenvalue weighted by molar-refractivity contribution is 0.102. The Morgan fingerprint density at radius 3 is 2.10 bits per heavy atom. The van der Waals surface area contributed by atoms with Crippen molar-refractivity contribution in [1.82, 2.24) is 0 Å². The molecule has 0 spiro atoms. The van der Waals surface area contributed by atoms with Gasteiger partial charge in [-0.1, -0.05) is 12.1 Å². The van der Waals surface area contributed by atoms with Crippen molar-refractivity contribution < 1.29 is 9.18 Å². The van der Waals surface area contributed by atoms with E-state index in [9.17, 15) is 9.18 Å². The quantitative estimate of drug-likeness (QED) is 0.883. The van der Waals surface area contributed by atoms with Crippen molar-refractivity contribution in [2.45, 2.75) is 26.3 Å². The van der Waals surface area contributed by atoms with E-state index < -0.39 is 0 Å². The van der Waals surface area contributed by atoms with Crippen molar-refractivity contribution in [2.75, 3.05) is 10.6 Å². The molecule has 1 amide bonds. The Morgan fingerprint density at radius 1 is 0.952 bits per heavy atom. The summed E-state index contributed by atoms with van der Waals surface area (Å²) >= 11 is 0. The second-order valence-electron chi connectivity index (χ2n) is 5.88. The average molecular weight is 286 g/mol. The van der Waals surface area contributed by atoms with Crippen LogP contribution in [-0.2, 0) is 0 Å². The lowest BCUT2D eigenvalue weighted by atomic mass is 10.1. The van der Waals surface area contributed by atoms with Crippen molar-refractivity contribution in [3.8, 4) is 0 Å². The molecule has 0 unspecified atom stereocenters. The van der Waals surface area contributed by atoms with Crippen LogP contribution < -0.4 is 10.6 Å². The predicted octanol–water partition coefficient (Wildman–Crippen LogP) is 4.29. The molecule has 0 saturated carbocycles. The van der Waals surface area contributed by atoms with Crippen LogP contribution in [0, 0.1) is 5.82 Å². The smallest absolute Gasteiger partial charge is 0.255 e. The van der Waals surface area contributed by atoms with Gasteiger partial charge in [0.05, 0.1) is 11.4 Å². The van der Waals surface area contributed by atoms with Crippen LogP contribution in [0.15, 0.2) is 48.5 Å². The molecule has 0 heterocycles. The SMILES string of the molecule is CC(C)(C)Nc1ccccc1NC(=O)c1ccc(F)cc1. The lowest BCUT2D eigenvalue weighted by Crippen LogP contribution is -2.27. The van der Waals surface area contributed by atoms with Gasteiger partial charge in [-0.2, -0.15) is 0 Å². The molecule has 2 N–H and O–H groups in total. The van der Waals surface area contributed by atoms with Crippen molar-refractivity contribution in [3.63, 3.8) is 0 Å². The topological polar surface area (TPSA) is 41.1 Å². The lowest BCUT2D eigenvalue weighted by Gasteiger charge is -2.24. The Morgan fingerprint density at radius 2 is 1.52 bits per heavy atom. The summed E-state index contributed by atoms with van der Waals surface area (Å²) in [4.78, 5) is 12.2. The summed E-state index contributed by atoms with van der Waals surface area (Å²) in [5.74, 6) is -0.625. The van der Waals surface area contributed by atoms with Gasteiger partial charge in [0.1, 0.15) is 5.82 Å². The minimum absolute atomic E-state index is 0.114. The van der Waals surface area contributed by atoms with Gasteiger partial charge in [0.2, 0.25) is 0 Å². The third-order valence-corrected chi connectivity index (χ3v) is 2.79. The highest BCUT2D eigenvalue weighted by molar-refractivity contribution is 6.05. The summed E-state index contributed by atoms with van der Waals surface area (Å²) in [5, 5.41) is 6.19. The second kappa shape index (κ2) is 5.95. The van der Waals surface area contributed by atoms with Gasteiger partial charge < -0.3 is 10.6 Å². The minimum Gasteiger partial charge on any atom is -0.379 e. The summed E-state index contributed by atoms with van der Waals surface area (Å²) in [6, 6.07) is 13.0. The zero-order valence-electron chi connectivity index (χ0n) is 12.4. The van der Waals surface area contributed by atoms with Gasteiger partial charge in [-0.25, -0.2) is 4.39 Å². The molecule has 3 nitrogen and oxygen atoms in total. The molecule has 4 heteroatoms. The highest BCUT2D eigenvalue weighted by Gasteiger charge is 2.14. The molecule has 0 aromatic heterocycles. The molecule has 0 bridgehead atoms. The number of amides is 1. The van der Waals surface area contributed by atoms with Crippen molar-refractivity contribution in [2.24, 2.45) is 0 Å². The van der Waals surface area contributed by atoms with E-state index in [0.717, 1.165) is 5.69 Å². The number of hydrogen-bond acceptors (Lipinski definition) is 2. The molecule has 2 aromatic carbocycles. The van der Waals surface area contributed by atoms with E-state index in [0.29, 0.717) is 11.3 Å². The number of rotatable bonds is 3. The summed E-state index contributed by atoms with van der Waals surface area (Å²) < 4.78 is 12.9. The minimum atomic E-state index is -0.360. The van der Waals surface area contributed by atoms with Gasteiger partial charge >= 0.3 is 0 Å². The van der Waals surface area contributed by atoms with Crippen molar-refractivity contribution in [3.05, 3.63) is 59.9 Å². The fourth-order valence-electron chi connectivity index (χ4n) is 1.90. The molecule has 0 aliphatic carbocycles. The van der Waals surface area contributed by atoms with Gasteiger partial charge in [-0.15, -0.1) is 0 Å². The Labute approximate surface area is 124 Å². The molecule has 0 aliphatic rings. The van der Waals surface area contributed by atoms with Gasteiger partial charge in [0.25, 0.3) is 5.91 Å². The standard InChI is InChI=1S/C17H19FN2O/c1-17(2,3)20-15-7-5-4-6-14(15)19-16(21)12-8-10-13(18)11-9-12/h4-11,20H,1-3H3,(H,19,21). The maximum absolute atomic E-state index is 12.9. The van der Waals surface area contributed by atoms with Gasteiger partial charge in [-0.3, -0.25) is 4.79 Å². The number of para-hydroxylation sites is 2. The highest BCUT2D eigenvalue weighted by atomic mass is 19.1. The Balaban J connectivity index is 2.19. The summed E-state index contributed by atoms with van der Waals surface area (Å²) in [6.45, 7) is 6.14. The van der Waals surface area contributed by atoms with Gasteiger partial charge in [0, 0.05) is 11.1 Å². The monoisotopic (exact) mass is 286 g/mol. The van der Waals surface area contributed by atoms with Crippen LogP contribution in [0.1, 0.15) is 31.1 Å². The van der Waals surface area contributed by atoms with Gasteiger partial charge in [0.15, 0.2) is 0 Å². The fraction of sp³-hybridized carbons (Fsp3) is 0.235. The molecule has 110 valence electrons. The molecule has 2 rings (SSSR count). The molecule has 21 heavy (non-hydrogen) atoms. The zero-order valence-corrected chi connectivity index (χ0v) is 12.4. The van der Waals surface area contributed by atoms with Crippen LogP contribution in [0.25, 0.3) is 0 Å². The van der Waals surface area contributed by atoms with Crippen molar-refractivity contribution in [1.29, 1.82) is 0 Å². The Kier molecular flexibility index (Phi) is 4.26. The van der Waals surface area contributed by atoms with Gasteiger partial charge in [-0.05, 0) is 57.2 Å². The van der Waals surface area contributed by atoms with Crippen LogP contribution in [0.4, 0.5) is 15.8 Å². The molecule has 0 atom stereocenters. The third-order valence-electron chi connectivity index (χ3n) is 2.79. The van der Waals surface area contributed by atoms with Crippen LogP contribution >= 0.6 is 0 Å². The molecule has 0 radical (unpaired) electrons. The maximum Gasteiger partial charge on any atom is 0.255 e. The van der Waals surface area contributed by atoms with E-state index in [4.69, 9.17) is 0 Å². The molecule has 2 aromatic rings. The number of anilines is 2. The first kappa shape index (κ1) is 15.0. The molecule has 0 saturated heterocycles. The first-order valence-electron chi connectivity index (χ1n) is 6.79. The highest BCUT2D eigenvalue weighted by Crippen LogP contribution is 2.25. The Bertz CT molecular complexity index is 630. The van der Waals surface area contributed by atoms with E-state index in [2.05, 4.69) is 10.6 Å². The number of benzene rings is 2. The zero-order chi connectivity index (χ0) is 15.5. The predicted molar refractivity (Wildman–Crippen MR) is 84.2 cm³/mol. The van der Waals surface area contributed by atoms with E-state index in [-0.39, 0.29) is 17.3 Å². The number of carbonyl (C=O) groups excluding carboxylic acids is 1. The maximum atomic E-state index is 12.9. The summed E-state index contributed by atoms with van der Waals surface area (Å²) in [6.07, 6.45) is 0. The van der Waals surface area contributed by atoms with Crippen LogP contribution in [0.5, 0.6) is 0 Å². The van der Waals surface area contributed by atoms with Crippen LogP contribution in [0.2, 0.25) is 0 Å². The van der Waals surface area contributed by atoms with E-state index in [1.165, 1.54) is 24.3 Å². The van der Waals surface area contributed by atoms with E-state index in [1.54, 1.807) is 0 Å². The molecular weight excluding hydrogens is 267 g/mol. The fourth-order valence-corrected chi connectivity index (χ4v) is 1.90. The van der Waals surface area contributed by atoms with Crippen molar-refractivity contribution >= 4 is 17.3 Å². The van der Waals surface area contributed by atoms with E-state index in [1.807, 2.05) is 45.0 Å². The first-order valence-corrected chi connectivity index (χ1v) is 6.79. The number of halogens is 1. The average Bonchev–Trinajstić information content (AvgIpc) is 2.40. The third kappa shape index (κ3) is 4.31. The molecule has 0 fully saturated rings. The largest absolute Gasteiger partial charge is 0.379 e. The van der Waals surface area contributed by atoms with Crippen LogP contribution in [-0.4, -0.2) is 11.4 Å². The normalized spacial score (nSPS) is 11.0. The van der Waals surface area contributed by atoms with Crippen LogP contribution in [0.3, 0.4) is 0 Å². The molecule has 0 aliphatic heterocycles. The number of nitrogens with one attached hydrogen (secondary N) is 2. The second-order valence-corrected chi connectivity index (χ2v) is 5.88. The molecular formula is C17H19FN2O. The summed E-state index contributed by atoms with van der Waals surface area (Å²) in [5.41, 5.74) is 1.85. The Hall–Kier alpha value is -2.36. The number of hydrogen-bond donors (Lipinski definition) is 2. The first-order chi connectivity index (χ1) is 9.85. The number of carbonyl (C=O) groups is 1.